The van der Waals surface area contributed by atoms with Crippen molar-refractivity contribution in [2.24, 2.45) is 0 Å². The Morgan fingerprint density at radius 2 is 2.19 bits per heavy atom. The van der Waals surface area contributed by atoms with Crippen molar-refractivity contribution in [2.75, 3.05) is 18.0 Å². The molecule has 1 atom stereocenters. The standard InChI is InChI=1S/C15H17BrN2O3/c1-10(16)9-17-14(19)7-8-18-12-5-3-4-6-13(12)21-11(2)15(18)20/h3-6,11H,1,7-9H2,2H3,(H,17,19). The van der Waals surface area contributed by atoms with E-state index in [1.165, 1.54) is 0 Å². The second-order valence-electron chi connectivity index (χ2n) is 4.76. The van der Waals surface area contributed by atoms with Crippen LogP contribution in [-0.4, -0.2) is 31.0 Å². The van der Waals surface area contributed by atoms with Gasteiger partial charge in [0.05, 0.1) is 5.69 Å². The number of para-hydroxylation sites is 2. The topological polar surface area (TPSA) is 58.6 Å². The monoisotopic (exact) mass is 352 g/mol. The maximum atomic E-state index is 12.2. The van der Waals surface area contributed by atoms with Crippen molar-refractivity contribution in [3.05, 3.63) is 35.3 Å². The maximum absolute atomic E-state index is 12.2. The van der Waals surface area contributed by atoms with Gasteiger partial charge in [-0.15, -0.1) is 0 Å². The van der Waals surface area contributed by atoms with Crippen LogP contribution in [0.4, 0.5) is 5.69 Å². The summed E-state index contributed by atoms with van der Waals surface area (Å²) in [6.07, 6.45) is -0.308. The summed E-state index contributed by atoms with van der Waals surface area (Å²) in [4.78, 5) is 25.6. The Bertz CT molecular complexity index is 574. The number of fused-ring (bicyclic) bond motifs is 1. The molecule has 2 amide bonds. The van der Waals surface area contributed by atoms with Gasteiger partial charge < -0.3 is 15.0 Å². The summed E-state index contributed by atoms with van der Waals surface area (Å²) in [7, 11) is 0. The third-order valence-electron chi connectivity index (χ3n) is 3.11. The number of nitrogens with zero attached hydrogens (tertiary/aromatic N) is 1. The molecular formula is C15H17BrN2O3. The van der Waals surface area contributed by atoms with E-state index >= 15 is 0 Å². The number of amides is 2. The van der Waals surface area contributed by atoms with Crippen LogP contribution in [0.15, 0.2) is 35.3 Å². The van der Waals surface area contributed by atoms with Gasteiger partial charge >= 0.3 is 0 Å². The lowest BCUT2D eigenvalue weighted by Crippen LogP contribution is -2.45. The molecular weight excluding hydrogens is 336 g/mol. The van der Waals surface area contributed by atoms with E-state index in [0.29, 0.717) is 29.0 Å². The van der Waals surface area contributed by atoms with Gasteiger partial charge in [0.25, 0.3) is 5.91 Å². The van der Waals surface area contributed by atoms with Crippen LogP contribution in [0.3, 0.4) is 0 Å². The third-order valence-corrected chi connectivity index (χ3v) is 3.39. The molecule has 0 bridgehead atoms. The van der Waals surface area contributed by atoms with Gasteiger partial charge in [0.2, 0.25) is 5.91 Å². The molecule has 1 aliphatic heterocycles. The number of hydrogen-bond acceptors (Lipinski definition) is 3. The minimum atomic E-state index is -0.537. The molecule has 112 valence electrons. The van der Waals surface area contributed by atoms with Crippen molar-refractivity contribution >= 4 is 33.4 Å². The molecule has 6 heteroatoms. The summed E-state index contributed by atoms with van der Waals surface area (Å²) < 4.78 is 6.26. The average Bonchev–Trinajstić information content (AvgIpc) is 2.45. The molecule has 1 aromatic carbocycles. The first-order valence-electron chi connectivity index (χ1n) is 6.66. The quantitative estimate of drug-likeness (QED) is 0.883. The van der Waals surface area contributed by atoms with Crippen LogP contribution in [0.25, 0.3) is 0 Å². The number of rotatable bonds is 5. The van der Waals surface area contributed by atoms with E-state index in [9.17, 15) is 9.59 Å². The summed E-state index contributed by atoms with van der Waals surface area (Å²) in [5, 5.41) is 2.72. The van der Waals surface area contributed by atoms with Crippen molar-refractivity contribution < 1.29 is 14.3 Å². The molecule has 0 aromatic heterocycles. The zero-order valence-corrected chi connectivity index (χ0v) is 13.4. The molecule has 0 spiro atoms. The van der Waals surface area contributed by atoms with Crippen molar-refractivity contribution in [3.63, 3.8) is 0 Å². The van der Waals surface area contributed by atoms with Gasteiger partial charge in [0.15, 0.2) is 6.10 Å². The number of carbonyl (C=O) groups excluding carboxylic acids is 2. The third kappa shape index (κ3) is 3.85. The molecule has 0 fully saturated rings. The van der Waals surface area contributed by atoms with Crippen LogP contribution in [0, 0.1) is 0 Å². The van der Waals surface area contributed by atoms with Gasteiger partial charge in [0, 0.05) is 24.0 Å². The Hall–Kier alpha value is -1.82. The first-order valence-corrected chi connectivity index (χ1v) is 7.45. The molecule has 0 saturated heterocycles. The van der Waals surface area contributed by atoms with Gasteiger partial charge in [-0.05, 0) is 19.1 Å². The van der Waals surface area contributed by atoms with Crippen LogP contribution in [0.5, 0.6) is 5.75 Å². The highest BCUT2D eigenvalue weighted by molar-refractivity contribution is 9.11. The Morgan fingerprint density at radius 3 is 2.90 bits per heavy atom. The van der Waals surface area contributed by atoms with E-state index in [2.05, 4.69) is 27.8 Å². The second-order valence-corrected chi connectivity index (χ2v) is 5.88. The average molecular weight is 353 g/mol. The lowest BCUT2D eigenvalue weighted by Gasteiger charge is -2.32. The lowest BCUT2D eigenvalue weighted by atomic mass is 10.1. The lowest BCUT2D eigenvalue weighted by molar-refractivity contribution is -0.125. The number of benzene rings is 1. The SMILES string of the molecule is C=C(Br)CNC(=O)CCN1C(=O)C(C)Oc2ccccc21. The first-order chi connectivity index (χ1) is 9.99. The number of anilines is 1. The van der Waals surface area contributed by atoms with E-state index in [1.807, 2.05) is 24.3 Å². The van der Waals surface area contributed by atoms with Crippen LogP contribution >= 0.6 is 15.9 Å². The summed E-state index contributed by atoms with van der Waals surface area (Å²) in [5.74, 6) is 0.408. The Balaban J connectivity index is 2.03. The minimum Gasteiger partial charge on any atom is -0.479 e. The molecule has 0 radical (unpaired) electrons. The fourth-order valence-corrected chi connectivity index (χ4v) is 2.23. The van der Waals surface area contributed by atoms with E-state index in [0.717, 1.165) is 0 Å². The molecule has 21 heavy (non-hydrogen) atoms. The molecule has 0 aliphatic carbocycles. The molecule has 1 aliphatic rings. The molecule has 5 nitrogen and oxygen atoms in total. The van der Waals surface area contributed by atoms with E-state index in [4.69, 9.17) is 4.74 Å². The van der Waals surface area contributed by atoms with Crippen LogP contribution in [-0.2, 0) is 9.59 Å². The van der Waals surface area contributed by atoms with Gasteiger partial charge in [-0.3, -0.25) is 9.59 Å². The van der Waals surface area contributed by atoms with Crippen molar-refractivity contribution in [3.8, 4) is 5.75 Å². The van der Waals surface area contributed by atoms with Gasteiger partial charge in [0.1, 0.15) is 5.75 Å². The number of hydrogen-bond donors (Lipinski definition) is 1. The number of nitrogens with one attached hydrogen (secondary N) is 1. The molecule has 2 rings (SSSR count). The van der Waals surface area contributed by atoms with Gasteiger partial charge in [-0.25, -0.2) is 0 Å². The Kier molecular flexibility index (Phi) is 5.01. The highest BCUT2D eigenvalue weighted by atomic mass is 79.9. The summed E-state index contributed by atoms with van der Waals surface area (Å²) in [6.45, 7) is 6.06. The molecule has 1 aromatic rings. The van der Waals surface area contributed by atoms with Gasteiger partial charge in [-0.1, -0.05) is 34.6 Å². The molecule has 1 N–H and O–H groups in total. The summed E-state index contributed by atoms with van der Waals surface area (Å²) in [6, 6.07) is 7.33. The largest absolute Gasteiger partial charge is 0.479 e. The maximum Gasteiger partial charge on any atom is 0.267 e. The Morgan fingerprint density at radius 1 is 1.48 bits per heavy atom. The fraction of sp³-hybridized carbons (Fsp3) is 0.333. The molecule has 1 heterocycles. The van der Waals surface area contributed by atoms with Gasteiger partial charge in [-0.2, -0.15) is 0 Å². The predicted octanol–water partition coefficient (Wildman–Crippen LogP) is 2.22. The first kappa shape index (κ1) is 15.6. The molecule has 1 unspecified atom stereocenters. The fourth-order valence-electron chi connectivity index (χ4n) is 2.09. The predicted molar refractivity (Wildman–Crippen MR) is 84.6 cm³/mol. The van der Waals surface area contributed by atoms with Crippen LogP contribution < -0.4 is 15.0 Å². The van der Waals surface area contributed by atoms with Crippen LogP contribution in [0.2, 0.25) is 0 Å². The van der Waals surface area contributed by atoms with Crippen LogP contribution in [0.1, 0.15) is 13.3 Å². The zero-order valence-electron chi connectivity index (χ0n) is 11.8. The minimum absolute atomic E-state index is 0.125. The Labute approximate surface area is 132 Å². The normalized spacial score (nSPS) is 17.0. The smallest absolute Gasteiger partial charge is 0.267 e. The second kappa shape index (κ2) is 6.76. The number of carbonyl (C=O) groups is 2. The number of ether oxygens (including phenoxy) is 1. The highest BCUT2D eigenvalue weighted by Crippen LogP contribution is 2.33. The van der Waals surface area contributed by atoms with Crippen molar-refractivity contribution in [1.82, 2.24) is 5.32 Å². The van der Waals surface area contributed by atoms with E-state index < -0.39 is 6.10 Å². The van der Waals surface area contributed by atoms with E-state index in [-0.39, 0.29) is 18.2 Å². The summed E-state index contributed by atoms with van der Waals surface area (Å²) in [5.41, 5.74) is 0.707. The summed E-state index contributed by atoms with van der Waals surface area (Å²) >= 11 is 3.18. The number of halogens is 1. The van der Waals surface area contributed by atoms with E-state index in [1.54, 1.807) is 11.8 Å². The zero-order chi connectivity index (χ0) is 15.4. The van der Waals surface area contributed by atoms with Crippen molar-refractivity contribution in [2.45, 2.75) is 19.4 Å². The highest BCUT2D eigenvalue weighted by Gasteiger charge is 2.31. The molecule has 0 saturated carbocycles. The van der Waals surface area contributed by atoms with Crippen molar-refractivity contribution in [1.29, 1.82) is 0 Å².